The lowest BCUT2D eigenvalue weighted by molar-refractivity contribution is 0.0600. The zero-order chi connectivity index (χ0) is 20.4. The summed E-state index contributed by atoms with van der Waals surface area (Å²) in [4.78, 5) is 21.0. The lowest BCUT2D eigenvalue weighted by atomic mass is 10.1. The van der Waals surface area contributed by atoms with Gasteiger partial charge in [0.05, 0.1) is 26.9 Å². The van der Waals surface area contributed by atoms with Crippen LogP contribution in [0.25, 0.3) is 11.0 Å². The van der Waals surface area contributed by atoms with Crippen LogP contribution in [0.2, 0.25) is 0 Å². The Morgan fingerprint density at radius 1 is 1.10 bits per heavy atom. The lowest BCUT2D eigenvalue weighted by Gasteiger charge is -2.15. The number of anilines is 1. The first-order valence-electron chi connectivity index (χ1n) is 9.49. The maximum Gasteiger partial charge on any atom is 0.339 e. The second kappa shape index (κ2) is 7.95. The summed E-state index contributed by atoms with van der Waals surface area (Å²) in [6, 6.07) is 7.59. The molecule has 0 aliphatic heterocycles. The van der Waals surface area contributed by atoms with E-state index in [0.29, 0.717) is 17.8 Å². The number of hydrogen-bond acceptors (Lipinski definition) is 7. The first-order chi connectivity index (χ1) is 14.1. The summed E-state index contributed by atoms with van der Waals surface area (Å²) in [7, 11) is 4.65. The normalized spacial score (nSPS) is 12.5. The molecular weight excluding hydrogens is 370 g/mol. The van der Waals surface area contributed by atoms with Crippen LogP contribution in [0.1, 0.15) is 33.5 Å². The van der Waals surface area contributed by atoms with Crippen LogP contribution in [-0.4, -0.2) is 37.3 Å². The van der Waals surface area contributed by atoms with Crippen LogP contribution < -0.4 is 14.8 Å². The number of rotatable bonds is 6. The molecule has 0 spiro atoms. The summed E-state index contributed by atoms with van der Waals surface area (Å²) in [6.07, 6.45) is 4.46. The van der Waals surface area contributed by atoms with Crippen LogP contribution >= 0.6 is 0 Å². The van der Waals surface area contributed by atoms with Crippen LogP contribution in [0.5, 0.6) is 11.5 Å². The highest BCUT2D eigenvalue weighted by Crippen LogP contribution is 2.34. The third-order valence-corrected chi connectivity index (χ3v) is 5.27. The molecule has 0 bridgehead atoms. The van der Waals surface area contributed by atoms with Crippen LogP contribution in [0.3, 0.4) is 0 Å². The van der Waals surface area contributed by atoms with Gasteiger partial charge in [0.25, 0.3) is 0 Å². The molecular formula is C22H23N3O4. The number of benzene rings is 1. The fraction of sp³-hybridized carbons (Fsp3) is 0.318. The van der Waals surface area contributed by atoms with Gasteiger partial charge in [-0.3, -0.25) is 0 Å². The summed E-state index contributed by atoms with van der Waals surface area (Å²) < 4.78 is 15.6. The van der Waals surface area contributed by atoms with E-state index >= 15 is 0 Å². The maximum atomic E-state index is 11.9. The van der Waals surface area contributed by atoms with E-state index in [1.165, 1.54) is 24.4 Å². The zero-order valence-corrected chi connectivity index (χ0v) is 16.7. The third-order valence-electron chi connectivity index (χ3n) is 5.27. The van der Waals surface area contributed by atoms with Gasteiger partial charge in [0.15, 0.2) is 5.65 Å². The van der Waals surface area contributed by atoms with Gasteiger partial charge in [0.2, 0.25) is 0 Å². The Kier molecular flexibility index (Phi) is 5.20. The molecule has 1 N–H and O–H groups in total. The number of carbonyl (C=O) groups excluding carboxylic acids is 1. The summed E-state index contributed by atoms with van der Waals surface area (Å²) >= 11 is 0. The summed E-state index contributed by atoms with van der Waals surface area (Å²) in [5, 5.41) is 4.37. The molecule has 0 fully saturated rings. The van der Waals surface area contributed by atoms with Gasteiger partial charge in [-0.15, -0.1) is 0 Å². The summed E-state index contributed by atoms with van der Waals surface area (Å²) in [6.45, 7) is 0.568. The van der Waals surface area contributed by atoms with Gasteiger partial charge in [-0.2, -0.15) is 0 Å². The molecule has 29 heavy (non-hydrogen) atoms. The van der Waals surface area contributed by atoms with Gasteiger partial charge in [0, 0.05) is 29.8 Å². The van der Waals surface area contributed by atoms with E-state index in [1.54, 1.807) is 14.2 Å². The van der Waals surface area contributed by atoms with Crippen molar-refractivity contribution < 1.29 is 19.0 Å². The van der Waals surface area contributed by atoms with Crippen molar-refractivity contribution in [3.05, 3.63) is 52.7 Å². The molecule has 1 aromatic carbocycles. The molecule has 0 amide bonds. The number of fused-ring (bicyclic) bond motifs is 3. The first-order valence-corrected chi connectivity index (χ1v) is 9.49. The minimum absolute atomic E-state index is 0.389. The van der Waals surface area contributed by atoms with Gasteiger partial charge in [-0.25, -0.2) is 14.8 Å². The number of aromatic nitrogens is 2. The maximum absolute atomic E-state index is 11.9. The Balaban J connectivity index is 1.68. The molecule has 2 heterocycles. The van der Waals surface area contributed by atoms with Crippen LogP contribution in [0.15, 0.2) is 30.5 Å². The number of pyridine rings is 2. The summed E-state index contributed by atoms with van der Waals surface area (Å²) in [5.74, 6) is 1.96. The van der Waals surface area contributed by atoms with Gasteiger partial charge in [0.1, 0.15) is 17.3 Å². The average molecular weight is 393 g/mol. The van der Waals surface area contributed by atoms with Crippen molar-refractivity contribution in [1.29, 1.82) is 0 Å². The zero-order valence-electron chi connectivity index (χ0n) is 16.7. The number of hydrogen-bond donors (Lipinski definition) is 1. The van der Waals surface area contributed by atoms with Crippen molar-refractivity contribution in [2.45, 2.75) is 25.8 Å². The van der Waals surface area contributed by atoms with Crippen molar-refractivity contribution >= 4 is 22.8 Å². The quantitative estimate of drug-likeness (QED) is 0.642. The molecule has 150 valence electrons. The molecule has 0 unspecified atom stereocenters. The van der Waals surface area contributed by atoms with Gasteiger partial charge in [-0.05, 0) is 48.6 Å². The Morgan fingerprint density at radius 3 is 2.69 bits per heavy atom. The Bertz CT molecular complexity index is 1080. The van der Waals surface area contributed by atoms with Crippen molar-refractivity contribution in [2.75, 3.05) is 26.6 Å². The molecule has 1 aliphatic rings. The third kappa shape index (κ3) is 3.55. The smallest absolute Gasteiger partial charge is 0.339 e. The Morgan fingerprint density at radius 2 is 1.93 bits per heavy atom. The van der Waals surface area contributed by atoms with E-state index < -0.39 is 0 Å². The van der Waals surface area contributed by atoms with E-state index in [1.807, 2.05) is 24.3 Å². The van der Waals surface area contributed by atoms with Gasteiger partial charge in [-0.1, -0.05) is 0 Å². The number of ether oxygens (including phenoxy) is 3. The topological polar surface area (TPSA) is 82.6 Å². The molecule has 0 saturated carbocycles. The molecule has 0 radical (unpaired) electrons. The highest BCUT2D eigenvalue weighted by Gasteiger charge is 2.21. The van der Waals surface area contributed by atoms with Gasteiger partial charge < -0.3 is 19.5 Å². The van der Waals surface area contributed by atoms with Crippen LogP contribution in [-0.2, 0) is 24.1 Å². The largest absolute Gasteiger partial charge is 0.497 e. The molecule has 7 nitrogen and oxygen atoms in total. The molecule has 0 atom stereocenters. The van der Waals surface area contributed by atoms with Crippen LogP contribution in [0.4, 0.5) is 5.82 Å². The minimum Gasteiger partial charge on any atom is -0.497 e. The Hall–Kier alpha value is -3.35. The monoisotopic (exact) mass is 393 g/mol. The second-order valence-corrected chi connectivity index (χ2v) is 6.89. The SMILES string of the molecule is COC(=O)c1cnc2nc(NCc3ccc(OC)cc3OC)c3c(c2c1)CCC3. The van der Waals surface area contributed by atoms with Crippen molar-refractivity contribution in [3.8, 4) is 11.5 Å². The minimum atomic E-state index is -0.389. The van der Waals surface area contributed by atoms with E-state index in [4.69, 9.17) is 19.2 Å². The van der Waals surface area contributed by atoms with E-state index in [9.17, 15) is 4.79 Å². The van der Waals surface area contributed by atoms with Crippen molar-refractivity contribution in [3.63, 3.8) is 0 Å². The predicted octanol–water partition coefficient (Wildman–Crippen LogP) is 3.53. The molecule has 4 rings (SSSR count). The molecule has 7 heteroatoms. The Labute approximate surface area is 169 Å². The van der Waals surface area contributed by atoms with Crippen molar-refractivity contribution in [2.24, 2.45) is 0 Å². The number of carbonyl (C=O) groups is 1. The van der Waals surface area contributed by atoms with Crippen molar-refractivity contribution in [1.82, 2.24) is 9.97 Å². The van der Waals surface area contributed by atoms with E-state index in [-0.39, 0.29) is 5.97 Å². The van der Waals surface area contributed by atoms with E-state index in [2.05, 4.69) is 10.3 Å². The van der Waals surface area contributed by atoms with Crippen LogP contribution in [0, 0.1) is 0 Å². The fourth-order valence-electron chi connectivity index (χ4n) is 3.80. The second-order valence-electron chi connectivity index (χ2n) is 6.89. The number of nitrogens with zero attached hydrogens (tertiary/aromatic N) is 2. The molecule has 3 aromatic rings. The highest BCUT2D eigenvalue weighted by atomic mass is 16.5. The highest BCUT2D eigenvalue weighted by molar-refractivity contribution is 5.94. The lowest BCUT2D eigenvalue weighted by Crippen LogP contribution is -2.08. The number of methoxy groups -OCH3 is 3. The van der Waals surface area contributed by atoms with E-state index in [0.717, 1.165) is 47.5 Å². The fourth-order valence-corrected chi connectivity index (χ4v) is 3.80. The number of esters is 1. The molecule has 0 saturated heterocycles. The average Bonchev–Trinajstić information content (AvgIpc) is 3.27. The predicted molar refractivity (Wildman–Crippen MR) is 110 cm³/mol. The number of aryl methyl sites for hydroxylation is 1. The summed E-state index contributed by atoms with van der Waals surface area (Å²) in [5.41, 5.74) is 4.48. The standard InChI is InChI=1S/C22H23N3O4/c1-27-15-8-7-13(19(10-15)28-2)11-23-20-17-6-4-5-16(17)18-9-14(22(26)29-3)12-24-21(18)25-20/h7-10,12H,4-6,11H2,1-3H3,(H,23,24,25). The molecule has 2 aromatic heterocycles. The first kappa shape index (κ1) is 19.0. The van der Waals surface area contributed by atoms with Gasteiger partial charge >= 0.3 is 5.97 Å². The molecule has 1 aliphatic carbocycles. The number of nitrogens with one attached hydrogen (secondary N) is 1.